The van der Waals surface area contributed by atoms with Crippen LogP contribution in [-0.2, 0) is 11.3 Å². The first kappa shape index (κ1) is 16.8. The van der Waals surface area contributed by atoms with Gasteiger partial charge in [-0.25, -0.2) is 0 Å². The summed E-state index contributed by atoms with van der Waals surface area (Å²) >= 11 is 0. The Labute approximate surface area is 139 Å². The predicted octanol–water partition coefficient (Wildman–Crippen LogP) is -2.35. The van der Waals surface area contributed by atoms with Gasteiger partial charge in [0.05, 0.1) is 11.9 Å². The normalized spacial score (nSPS) is 10.0. The minimum absolute atomic E-state index is 0. The minimum Gasteiger partial charge on any atom is -0.550 e. The van der Waals surface area contributed by atoms with Gasteiger partial charge >= 0.3 is 29.6 Å². The topological polar surface area (TPSA) is 83.7 Å². The van der Waals surface area contributed by atoms with E-state index in [0.717, 1.165) is 30.8 Å². The third-order valence-corrected chi connectivity index (χ3v) is 2.73. The molecule has 0 saturated carbocycles. The van der Waals surface area contributed by atoms with Crippen molar-refractivity contribution in [3.05, 3.63) is 30.6 Å². The van der Waals surface area contributed by atoms with E-state index in [9.17, 15) is 9.90 Å². The maximum Gasteiger partial charge on any atom is 1.00 e. The van der Waals surface area contributed by atoms with Crippen LogP contribution >= 0.6 is 0 Å². The first-order valence-electron chi connectivity index (χ1n) is 6.27. The second-order valence-corrected chi connectivity index (χ2v) is 4.26. The van der Waals surface area contributed by atoms with E-state index >= 15 is 0 Å². The number of unbranched alkanes of at least 4 members (excludes halogenated alkanes) is 2. The molecule has 0 aromatic carbocycles. The van der Waals surface area contributed by atoms with Crippen molar-refractivity contribution in [2.75, 3.05) is 0 Å². The number of rotatable bonds is 7. The van der Waals surface area contributed by atoms with Crippen LogP contribution < -0.4 is 34.7 Å². The van der Waals surface area contributed by atoms with Crippen molar-refractivity contribution in [1.82, 2.24) is 20.0 Å². The summed E-state index contributed by atoms with van der Waals surface area (Å²) in [5, 5.41) is 18.3. The van der Waals surface area contributed by atoms with Crippen LogP contribution in [0.15, 0.2) is 30.6 Å². The van der Waals surface area contributed by atoms with Crippen molar-refractivity contribution < 1.29 is 39.5 Å². The van der Waals surface area contributed by atoms with Crippen LogP contribution in [0, 0.1) is 0 Å². The van der Waals surface area contributed by atoms with E-state index in [0.29, 0.717) is 6.42 Å². The Balaban J connectivity index is 0.00000200. The summed E-state index contributed by atoms with van der Waals surface area (Å²) in [4.78, 5) is 14.5. The molecule has 6 nitrogen and oxygen atoms in total. The van der Waals surface area contributed by atoms with Crippen molar-refractivity contribution in [2.24, 2.45) is 0 Å². The SMILES string of the molecule is O=C([O-])CCCCCn1cc(-c2ccccn2)nn1.[Na+]. The first-order chi connectivity index (χ1) is 9.25. The Hall–Kier alpha value is -1.24. The number of hydrogen-bond donors (Lipinski definition) is 0. The molecule has 0 saturated heterocycles. The number of carbonyl (C=O) groups excluding carboxylic acids is 1. The molecule has 0 bridgehead atoms. The second-order valence-electron chi connectivity index (χ2n) is 4.26. The molecule has 7 heteroatoms. The molecule has 0 spiro atoms. The van der Waals surface area contributed by atoms with Crippen molar-refractivity contribution >= 4 is 5.97 Å². The summed E-state index contributed by atoms with van der Waals surface area (Å²) in [5.41, 5.74) is 1.54. The molecule has 2 aromatic rings. The molecule has 0 aliphatic carbocycles. The van der Waals surface area contributed by atoms with Crippen LogP contribution in [0.3, 0.4) is 0 Å². The van der Waals surface area contributed by atoms with Crippen LogP contribution in [0.1, 0.15) is 25.7 Å². The molecule has 0 aliphatic heterocycles. The quantitative estimate of drug-likeness (QED) is 0.419. The maximum atomic E-state index is 10.2. The number of carbonyl (C=O) groups is 1. The standard InChI is InChI=1S/C13H16N4O2.Na/c18-13(19)7-2-1-5-9-17-10-12(15-16-17)11-6-3-4-8-14-11;/h3-4,6,8,10H,1-2,5,7,9H2,(H,18,19);/q;+1/p-1. The molecule has 0 amide bonds. The van der Waals surface area contributed by atoms with Crippen LogP contribution in [0.4, 0.5) is 0 Å². The number of carboxylic acids is 1. The van der Waals surface area contributed by atoms with Gasteiger partial charge in [0, 0.05) is 18.7 Å². The van der Waals surface area contributed by atoms with Gasteiger partial charge in [-0.05, 0) is 31.4 Å². The smallest absolute Gasteiger partial charge is 0.550 e. The Morgan fingerprint density at radius 2 is 2.05 bits per heavy atom. The number of carboxylic acid groups (broad SMARTS) is 1. The average molecular weight is 282 g/mol. The molecule has 20 heavy (non-hydrogen) atoms. The molecule has 2 aromatic heterocycles. The van der Waals surface area contributed by atoms with Crippen molar-refractivity contribution in [3.8, 4) is 11.4 Å². The number of aliphatic carboxylic acids is 1. The fourth-order valence-corrected chi connectivity index (χ4v) is 1.76. The van der Waals surface area contributed by atoms with Crippen molar-refractivity contribution in [2.45, 2.75) is 32.2 Å². The maximum absolute atomic E-state index is 10.2. The first-order valence-corrected chi connectivity index (χ1v) is 6.27. The number of aromatic nitrogens is 4. The molecule has 100 valence electrons. The molecule has 0 N–H and O–H groups in total. The zero-order valence-corrected chi connectivity index (χ0v) is 13.5. The summed E-state index contributed by atoms with van der Waals surface area (Å²) in [5.74, 6) is -0.988. The number of aryl methyl sites for hydroxylation is 1. The van der Waals surface area contributed by atoms with Crippen LogP contribution in [0.5, 0.6) is 0 Å². The Morgan fingerprint density at radius 1 is 1.20 bits per heavy atom. The van der Waals surface area contributed by atoms with Gasteiger partial charge in [-0.2, -0.15) is 0 Å². The minimum atomic E-state index is -0.988. The molecule has 0 aliphatic rings. The van der Waals surface area contributed by atoms with Gasteiger partial charge in [0.15, 0.2) is 0 Å². The molecular formula is C13H15N4NaO2. The average Bonchev–Trinajstić information content (AvgIpc) is 2.88. The van der Waals surface area contributed by atoms with Crippen molar-refractivity contribution in [3.63, 3.8) is 0 Å². The van der Waals surface area contributed by atoms with E-state index in [1.807, 2.05) is 24.4 Å². The van der Waals surface area contributed by atoms with Crippen LogP contribution in [-0.4, -0.2) is 25.9 Å². The van der Waals surface area contributed by atoms with E-state index in [-0.39, 0.29) is 36.0 Å². The molecular weight excluding hydrogens is 267 g/mol. The zero-order valence-electron chi connectivity index (χ0n) is 11.5. The second kappa shape index (κ2) is 8.84. The molecule has 0 unspecified atom stereocenters. The molecule has 0 atom stereocenters. The summed E-state index contributed by atoms with van der Waals surface area (Å²) in [6, 6.07) is 5.64. The third kappa shape index (κ3) is 5.40. The molecule has 2 heterocycles. The van der Waals surface area contributed by atoms with Crippen molar-refractivity contribution in [1.29, 1.82) is 0 Å². The fraction of sp³-hybridized carbons (Fsp3) is 0.385. The van der Waals surface area contributed by atoms with Crippen LogP contribution in [0.25, 0.3) is 11.4 Å². The molecule has 0 radical (unpaired) electrons. The van der Waals surface area contributed by atoms with Gasteiger partial charge in [0.1, 0.15) is 5.69 Å². The fourth-order valence-electron chi connectivity index (χ4n) is 1.76. The summed E-state index contributed by atoms with van der Waals surface area (Å²) in [7, 11) is 0. The number of nitrogens with zero attached hydrogens (tertiary/aromatic N) is 4. The largest absolute Gasteiger partial charge is 1.00 e. The Bertz CT molecular complexity index is 530. The Morgan fingerprint density at radius 3 is 2.75 bits per heavy atom. The summed E-state index contributed by atoms with van der Waals surface area (Å²) < 4.78 is 1.75. The third-order valence-electron chi connectivity index (χ3n) is 2.73. The predicted molar refractivity (Wildman–Crippen MR) is 66.7 cm³/mol. The van der Waals surface area contributed by atoms with E-state index in [2.05, 4.69) is 15.3 Å². The summed E-state index contributed by atoms with van der Waals surface area (Å²) in [6.45, 7) is 0.729. The molecule has 0 fully saturated rings. The van der Waals surface area contributed by atoms with Gasteiger partial charge < -0.3 is 9.90 Å². The van der Waals surface area contributed by atoms with E-state index < -0.39 is 5.97 Å². The summed E-state index contributed by atoms with van der Waals surface area (Å²) in [6.07, 6.45) is 6.04. The molecule has 2 rings (SSSR count). The van der Waals surface area contributed by atoms with Crippen LogP contribution in [0.2, 0.25) is 0 Å². The monoisotopic (exact) mass is 282 g/mol. The van der Waals surface area contributed by atoms with E-state index in [1.54, 1.807) is 10.9 Å². The van der Waals surface area contributed by atoms with E-state index in [4.69, 9.17) is 0 Å². The number of pyridine rings is 1. The van der Waals surface area contributed by atoms with Gasteiger partial charge in [0.25, 0.3) is 0 Å². The Kier molecular flexibility index (Phi) is 7.43. The van der Waals surface area contributed by atoms with Gasteiger partial charge in [-0.3, -0.25) is 9.67 Å². The zero-order chi connectivity index (χ0) is 13.5. The number of hydrogen-bond acceptors (Lipinski definition) is 5. The van der Waals surface area contributed by atoms with Gasteiger partial charge in [-0.15, -0.1) is 5.10 Å². The van der Waals surface area contributed by atoms with Gasteiger partial charge in [0.2, 0.25) is 0 Å². The van der Waals surface area contributed by atoms with Gasteiger partial charge in [-0.1, -0.05) is 17.7 Å². The van der Waals surface area contributed by atoms with E-state index in [1.165, 1.54) is 0 Å².